The molecule has 20 heavy (non-hydrogen) atoms. The highest BCUT2D eigenvalue weighted by atomic mass is 79.9. The Labute approximate surface area is 124 Å². The third-order valence-electron chi connectivity index (χ3n) is 3.15. The minimum atomic E-state index is 0.605. The van der Waals surface area contributed by atoms with Crippen LogP contribution >= 0.6 is 15.9 Å². The molecule has 0 aliphatic carbocycles. The molecule has 0 spiro atoms. The molecule has 0 unspecified atom stereocenters. The molecule has 3 rings (SSSR count). The van der Waals surface area contributed by atoms with Crippen LogP contribution in [0.15, 0.2) is 10.9 Å². The van der Waals surface area contributed by atoms with Gasteiger partial charge in [0.05, 0.1) is 0 Å². The van der Waals surface area contributed by atoms with Gasteiger partial charge in [-0.1, -0.05) is 0 Å². The first-order valence-corrected chi connectivity index (χ1v) is 7.07. The minimum absolute atomic E-state index is 0.605. The zero-order valence-corrected chi connectivity index (χ0v) is 13.1. The summed E-state index contributed by atoms with van der Waals surface area (Å²) >= 11 is 3.27. The van der Waals surface area contributed by atoms with Crippen molar-refractivity contribution in [2.45, 2.75) is 26.7 Å². The van der Waals surface area contributed by atoms with Crippen LogP contribution in [0.3, 0.4) is 0 Å². The molecule has 3 heterocycles. The number of aromatic nitrogens is 7. The van der Waals surface area contributed by atoms with Crippen LogP contribution in [0.25, 0.3) is 5.65 Å². The van der Waals surface area contributed by atoms with E-state index in [0.717, 1.165) is 41.5 Å². The number of rotatable bonds is 3. The molecule has 0 aliphatic heterocycles. The van der Waals surface area contributed by atoms with Gasteiger partial charge in [-0.3, -0.25) is 4.68 Å². The summed E-state index contributed by atoms with van der Waals surface area (Å²) in [4.78, 5) is 13.2. The summed E-state index contributed by atoms with van der Waals surface area (Å²) in [5, 5.41) is 8.66. The second-order valence-electron chi connectivity index (χ2n) is 4.67. The largest absolute Gasteiger partial charge is 0.252 e. The zero-order valence-electron chi connectivity index (χ0n) is 11.5. The van der Waals surface area contributed by atoms with Crippen molar-refractivity contribution in [3.05, 3.63) is 34.0 Å². The van der Waals surface area contributed by atoms with Crippen LogP contribution in [-0.4, -0.2) is 34.3 Å². The predicted molar refractivity (Wildman–Crippen MR) is 76.4 cm³/mol. The van der Waals surface area contributed by atoms with Gasteiger partial charge in [0, 0.05) is 31.6 Å². The van der Waals surface area contributed by atoms with Gasteiger partial charge in [-0.05, 0) is 29.8 Å². The summed E-state index contributed by atoms with van der Waals surface area (Å²) in [5.74, 6) is 2.54. The average Bonchev–Trinajstić information content (AvgIpc) is 2.96. The van der Waals surface area contributed by atoms with Crippen molar-refractivity contribution in [2.24, 2.45) is 7.05 Å². The van der Waals surface area contributed by atoms with Crippen LogP contribution < -0.4 is 0 Å². The van der Waals surface area contributed by atoms with E-state index in [-0.39, 0.29) is 0 Å². The van der Waals surface area contributed by atoms with E-state index >= 15 is 0 Å². The van der Waals surface area contributed by atoms with Gasteiger partial charge in [0.25, 0.3) is 0 Å². The molecule has 0 amide bonds. The van der Waals surface area contributed by atoms with Crippen LogP contribution in [0.1, 0.15) is 23.0 Å². The SMILES string of the molecule is Cc1cnc(C)n2nc(CCc3nc(Br)nn3C)nc12. The van der Waals surface area contributed by atoms with E-state index in [2.05, 4.69) is 41.1 Å². The lowest BCUT2D eigenvalue weighted by Crippen LogP contribution is -2.03. The Bertz CT molecular complexity index is 735. The van der Waals surface area contributed by atoms with Crippen molar-refractivity contribution in [2.75, 3.05) is 0 Å². The molecule has 0 saturated carbocycles. The highest BCUT2D eigenvalue weighted by Crippen LogP contribution is 2.11. The van der Waals surface area contributed by atoms with Crippen molar-refractivity contribution >= 4 is 21.6 Å². The van der Waals surface area contributed by atoms with Crippen molar-refractivity contribution in [3.63, 3.8) is 0 Å². The molecule has 0 saturated heterocycles. The van der Waals surface area contributed by atoms with Gasteiger partial charge in [-0.2, -0.15) is 4.52 Å². The summed E-state index contributed by atoms with van der Waals surface area (Å²) < 4.78 is 4.16. The number of fused-ring (bicyclic) bond motifs is 1. The molecule has 0 N–H and O–H groups in total. The standard InChI is InChI=1S/C12H14BrN7/c1-7-6-14-8(2)20-11(7)15-9(17-20)4-5-10-16-12(13)18-19(10)3/h6H,4-5H2,1-3H3. The van der Waals surface area contributed by atoms with E-state index in [9.17, 15) is 0 Å². The van der Waals surface area contributed by atoms with Gasteiger partial charge in [-0.15, -0.1) is 10.2 Å². The first kappa shape index (κ1) is 13.2. The van der Waals surface area contributed by atoms with Crippen LogP contribution in [0.4, 0.5) is 0 Å². The molecule has 8 heteroatoms. The Morgan fingerprint density at radius 2 is 1.95 bits per heavy atom. The maximum Gasteiger partial charge on any atom is 0.217 e. The van der Waals surface area contributed by atoms with Crippen molar-refractivity contribution in [1.82, 2.24) is 34.3 Å². The summed E-state index contributed by atoms with van der Waals surface area (Å²) in [6.45, 7) is 3.91. The molecular weight excluding hydrogens is 322 g/mol. The summed E-state index contributed by atoms with van der Waals surface area (Å²) in [5.41, 5.74) is 1.89. The number of halogens is 1. The Morgan fingerprint density at radius 1 is 1.15 bits per heavy atom. The fourth-order valence-corrected chi connectivity index (χ4v) is 2.51. The molecular formula is C12H14BrN7. The van der Waals surface area contributed by atoms with Gasteiger partial charge >= 0.3 is 0 Å². The molecule has 3 aromatic rings. The second kappa shape index (κ2) is 4.93. The lowest BCUT2D eigenvalue weighted by atomic mass is 10.3. The lowest BCUT2D eigenvalue weighted by molar-refractivity contribution is 0.680. The summed E-state index contributed by atoms with van der Waals surface area (Å²) in [6.07, 6.45) is 3.29. The van der Waals surface area contributed by atoms with Crippen LogP contribution in [0, 0.1) is 13.8 Å². The molecule has 0 radical (unpaired) electrons. The molecule has 3 aromatic heterocycles. The van der Waals surface area contributed by atoms with Crippen LogP contribution in [0.2, 0.25) is 0 Å². The molecule has 0 atom stereocenters. The van der Waals surface area contributed by atoms with Gasteiger partial charge in [0.2, 0.25) is 4.73 Å². The number of aryl methyl sites for hydroxylation is 5. The van der Waals surface area contributed by atoms with Crippen molar-refractivity contribution in [1.29, 1.82) is 0 Å². The zero-order chi connectivity index (χ0) is 14.3. The first-order valence-electron chi connectivity index (χ1n) is 6.28. The Balaban J connectivity index is 1.86. The molecule has 0 bridgehead atoms. The van der Waals surface area contributed by atoms with Crippen LogP contribution in [-0.2, 0) is 19.9 Å². The molecule has 0 fully saturated rings. The second-order valence-corrected chi connectivity index (χ2v) is 5.38. The van der Waals surface area contributed by atoms with Crippen molar-refractivity contribution in [3.8, 4) is 0 Å². The topological polar surface area (TPSA) is 73.8 Å². The van der Waals surface area contributed by atoms with E-state index in [4.69, 9.17) is 0 Å². The smallest absolute Gasteiger partial charge is 0.217 e. The van der Waals surface area contributed by atoms with Gasteiger partial charge in [0.15, 0.2) is 11.5 Å². The predicted octanol–water partition coefficient (Wildman–Crippen LogP) is 1.42. The summed E-state index contributed by atoms with van der Waals surface area (Å²) in [7, 11) is 1.88. The molecule has 104 valence electrons. The fraction of sp³-hybridized carbons (Fsp3) is 0.417. The third kappa shape index (κ3) is 2.31. The highest BCUT2D eigenvalue weighted by Gasteiger charge is 2.11. The van der Waals surface area contributed by atoms with Gasteiger partial charge in [-0.25, -0.2) is 15.0 Å². The average molecular weight is 336 g/mol. The summed E-state index contributed by atoms with van der Waals surface area (Å²) in [6, 6.07) is 0. The monoisotopic (exact) mass is 335 g/mol. The molecule has 7 nitrogen and oxygen atoms in total. The number of hydrogen-bond acceptors (Lipinski definition) is 5. The minimum Gasteiger partial charge on any atom is -0.252 e. The number of nitrogens with zero attached hydrogens (tertiary/aromatic N) is 7. The van der Waals surface area contributed by atoms with Gasteiger partial charge in [0.1, 0.15) is 11.6 Å². The first-order chi connectivity index (χ1) is 9.54. The maximum absolute atomic E-state index is 4.57. The molecule has 0 aliphatic rings. The quantitative estimate of drug-likeness (QED) is 0.723. The van der Waals surface area contributed by atoms with Gasteiger partial charge < -0.3 is 0 Å². The van der Waals surface area contributed by atoms with Crippen LogP contribution in [0.5, 0.6) is 0 Å². The Hall–Kier alpha value is -1.83. The van der Waals surface area contributed by atoms with E-state index in [1.54, 1.807) is 9.20 Å². The fourth-order valence-electron chi connectivity index (χ4n) is 2.07. The van der Waals surface area contributed by atoms with E-state index < -0.39 is 0 Å². The van der Waals surface area contributed by atoms with E-state index in [1.807, 2.05) is 27.1 Å². The Morgan fingerprint density at radius 3 is 2.60 bits per heavy atom. The van der Waals surface area contributed by atoms with E-state index in [0.29, 0.717) is 4.73 Å². The van der Waals surface area contributed by atoms with Crippen molar-refractivity contribution < 1.29 is 0 Å². The number of hydrogen-bond donors (Lipinski definition) is 0. The van der Waals surface area contributed by atoms with E-state index in [1.165, 1.54) is 0 Å². The molecule has 0 aromatic carbocycles. The highest BCUT2D eigenvalue weighted by molar-refractivity contribution is 9.10. The Kier molecular flexibility index (Phi) is 3.25. The normalized spacial score (nSPS) is 11.4. The maximum atomic E-state index is 4.57. The lowest BCUT2D eigenvalue weighted by Gasteiger charge is -1.97. The third-order valence-corrected chi connectivity index (χ3v) is 3.49.